The molecule has 3 heteroatoms. The zero-order chi connectivity index (χ0) is 5.98. The van der Waals surface area contributed by atoms with Crippen LogP contribution in [0.3, 0.4) is 0 Å². The van der Waals surface area contributed by atoms with E-state index in [0.717, 1.165) is 17.4 Å². The lowest BCUT2D eigenvalue weighted by Gasteiger charge is -1.71. The molecule has 0 aromatic carbocycles. The van der Waals surface area contributed by atoms with Gasteiger partial charge in [-0.25, -0.2) is 4.39 Å². The summed E-state index contributed by atoms with van der Waals surface area (Å²) in [6.07, 6.45) is 0. The predicted molar refractivity (Wildman–Crippen MR) is 27.8 cm³/mol. The minimum absolute atomic E-state index is 0.102. The minimum atomic E-state index is -0.475. The van der Waals surface area contributed by atoms with E-state index in [1.807, 2.05) is 0 Å². The number of rotatable bonds is 0. The molecule has 0 fully saturated rings. The van der Waals surface area contributed by atoms with Crippen LogP contribution in [0.15, 0.2) is 6.07 Å². The van der Waals surface area contributed by atoms with Crippen LogP contribution < -0.4 is 0 Å². The van der Waals surface area contributed by atoms with E-state index in [9.17, 15) is 4.39 Å². The summed E-state index contributed by atoms with van der Waals surface area (Å²) in [5.41, 5.74) is 0. The molecule has 0 unspecified atom stereocenters. The first-order chi connectivity index (χ1) is 3.84. The Morgan fingerprint density at radius 3 is 2.88 bits per heavy atom. The Morgan fingerprint density at radius 1 is 1.88 bits per heavy atom. The van der Waals surface area contributed by atoms with E-state index in [0.29, 0.717) is 0 Å². The zero-order valence-corrected chi connectivity index (χ0v) is 4.63. The summed E-state index contributed by atoms with van der Waals surface area (Å²) in [6.45, 7) is 0. The molecule has 0 atom stereocenters. The first-order valence-electron chi connectivity index (χ1n) is 1.90. The van der Waals surface area contributed by atoms with Gasteiger partial charge >= 0.3 is 0 Å². The van der Waals surface area contributed by atoms with Gasteiger partial charge in [-0.05, 0) is 6.07 Å². The van der Waals surface area contributed by atoms with Crippen molar-refractivity contribution in [3.8, 4) is 6.07 Å². The van der Waals surface area contributed by atoms with Gasteiger partial charge in [0.1, 0.15) is 10.9 Å². The number of nitrogens with zero attached hydrogens (tertiary/aromatic N) is 1. The van der Waals surface area contributed by atoms with Gasteiger partial charge in [0.25, 0.3) is 0 Å². The number of hydrogen-bond donors (Lipinski definition) is 0. The van der Waals surface area contributed by atoms with Gasteiger partial charge < -0.3 is 0 Å². The van der Waals surface area contributed by atoms with E-state index in [4.69, 9.17) is 5.26 Å². The van der Waals surface area contributed by atoms with Crippen LogP contribution in [-0.2, 0) is 0 Å². The molecule has 1 aromatic rings. The Balaban J connectivity index is 3.15. The Morgan fingerprint density at radius 2 is 2.62 bits per heavy atom. The summed E-state index contributed by atoms with van der Waals surface area (Å²) >= 11 is 0.988. The molecule has 0 saturated heterocycles. The smallest absolute Gasteiger partial charge is 0.152 e. The second kappa shape index (κ2) is 1.93. The van der Waals surface area contributed by atoms with Crippen molar-refractivity contribution in [3.63, 3.8) is 0 Å². The standard InChI is InChI=1S/C5HFNS/c6-4-1-2-8-5(4)3-7/h1H. The van der Waals surface area contributed by atoms with Gasteiger partial charge in [0.05, 0.1) is 0 Å². The fraction of sp³-hybridized carbons (Fsp3) is 0. The van der Waals surface area contributed by atoms with Crippen LogP contribution in [-0.4, -0.2) is 0 Å². The highest BCUT2D eigenvalue weighted by molar-refractivity contribution is 7.10. The molecule has 0 bridgehead atoms. The maximum Gasteiger partial charge on any atom is 0.152 e. The van der Waals surface area contributed by atoms with E-state index >= 15 is 0 Å². The van der Waals surface area contributed by atoms with Crippen LogP contribution in [0.4, 0.5) is 4.39 Å². The molecule has 0 amide bonds. The van der Waals surface area contributed by atoms with Gasteiger partial charge in [-0.1, -0.05) is 0 Å². The Labute approximate surface area is 50.0 Å². The Kier molecular flexibility index (Phi) is 1.27. The second-order valence-corrected chi connectivity index (χ2v) is 2.00. The average Bonchev–Trinajstić information content (AvgIpc) is 2.14. The number of thiophene rings is 1. The maximum absolute atomic E-state index is 12.1. The molecular formula is C5HFNS. The van der Waals surface area contributed by atoms with E-state index in [1.165, 1.54) is 0 Å². The summed E-state index contributed by atoms with van der Waals surface area (Å²) in [5.74, 6) is -0.475. The van der Waals surface area contributed by atoms with E-state index < -0.39 is 5.82 Å². The van der Waals surface area contributed by atoms with Gasteiger partial charge in [0.15, 0.2) is 5.82 Å². The summed E-state index contributed by atoms with van der Waals surface area (Å²) in [6, 6.07) is 2.84. The molecule has 0 aliphatic carbocycles. The van der Waals surface area contributed by atoms with Crippen molar-refractivity contribution < 1.29 is 4.39 Å². The van der Waals surface area contributed by atoms with Crippen molar-refractivity contribution in [2.45, 2.75) is 0 Å². The fourth-order valence-corrected chi connectivity index (χ4v) is 0.813. The van der Waals surface area contributed by atoms with E-state index in [-0.39, 0.29) is 4.88 Å². The molecule has 1 aromatic heterocycles. The molecule has 1 radical (unpaired) electrons. The van der Waals surface area contributed by atoms with Gasteiger partial charge in [-0.2, -0.15) is 5.26 Å². The lowest BCUT2D eigenvalue weighted by molar-refractivity contribution is 0.630. The van der Waals surface area contributed by atoms with Crippen molar-refractivity contribution in [1.82, 2.24) is 0 Å². The first-order valence-corrected chi connectivity index (χ1v) is 2.71. The molecule has 0 spiro atoms. The highest BCUT2D eigenvalue weighted by Crippen LogP contribution is 2.11. The summed E-state index contributed by atoms with van der Waals surface area (Å²) in [5, 5.41) is 10.6. The monoisotopic (exact) mass is 126 g/mol. The molecule has 1 heterocycles. The summed E-state index contributed by atoms with van der Waals surface area (Å²) in [4.78, 5) is 0.102. The quantitative estimate of drug-likeness (QED) is 0.517. The zero-order valence-electron chi connectivity index (χ0n) is 3.81. The number of hydrogen-bond acceptors (Lipinski definition) is 2. The van der Waals surface area contributed by atoms with E-state index in [1.54, 1.807) is 6.07 Å². The summed E-state index contributed by atoms with van der Waals surface area (Å²) in [7, 11) is 0. The second-order valence-electron chi connectivity index (χ2n) is 1.15. The molecule has 0 aliphatic heterocycles. The first kappa shape index (κ1) is 5.26. The van der Waals surface area contributed by atoms with Crippen molar-refractivity contribution >= 4 is 11.3 Å². The average molecular weight is 126 g/mol. The van der Waals surface area contributed by atoms with Crippen molar-refractivity contribution in [3.05, 3.63) is 22.1 Å². The minimum Gasteiger partial charge on any atom is -0.205 e. The largest absolute Gasteiger partial charge is 0.205 e. The SMILES string of the molecule is N#Cc1s[c]cc1F. The molecular weight excluding hydrogens is 125 g/mol. The molecule has 1 nitrogen and oxygen atoms in total. The van der Waals surface area contributed by atoms with Gasteiger partial charge in [0, 0.05) is 5.38 Å². The van der Waals surface area contributed by atoms with Gasteiger partial charge in [-0.3, -0.25) is 0 Å². The van der Waals surface area contributed by atoms with Crippen molar-refractivity contribution in [2.24, 2.45) is 0 Å². The topological polar surface area (TPSA) is 23.8 Å². The maximum atomic E-state index is 12.1. The molecule has 0 N–H and O–H groups in total. The summed E-state index contributed by atoms with van der Waals surface area (Å²) < 4.78 is 12.1. The van der Waals surface area contributed by atoms with Crippen LogP contribution in [0.2, 0.25) is 0 Å². The van der Waals surface area contributed by atoms with Crippen LogP contribution in [0, 0.1) is 22.5 Å². The Bertz CT molecular complexity index is 223. The van der Waals surface area contributed by atoms with Crippen LogP contribution in [0.5, 0.6) is 0 Å². The Hall–Kier alpha value is -0.880. The highest BCUT2D eigenvalue weighted by atomic mass is 32.1. The predicted octanol–water partition coefficient (Wildman–Crippen LogP) is 1.56. The molecule has 0 aliphatic rings. The lowest BCUT2D eigenvalue weighted by Crippen LogP contribution is -1.66. The third-order valence-electron chi connectivity index (χ3n) is 0.665. The van der Waals surface area contributed by atoms with Crippen LogP contribution in [0.25, 0.3) is 0 Å². The number of nitriles is 1. The number of halogens is 1. The molecule has 1 rings (SSSR count). The van der Waals surface area contributed by atoms with Gasteiger partial charge in [-0.15, -0.1) is 11.3 Å². The van der Waals surface area contributed by atoms with E-state index in [2.05, 4.69) is 5.38 Å². The van der Waals surface area contributed by atoms with Crippen molar-refractivity contribution in [1.29, 1.82) is 5.26 Å². The van der Waals surface area contributed by atoms with Crippen molar-refractivity contribution in [2.75, 3.05) is 0 Å². The van der Waals surface area contributed by atoms with Crippen LogP contribution >= 0.6 is 11.3 Å². The fourth-order valence-electron chi connectivity index (χ4n) is 0.331. The normalized spacial score (nSPS) is 8.50. The highest BCUT2D eigenvalue weighted by Gasteiger charge is 1.98. The molecule has 0 saturated carbocycles. The van der Waals surface area contributed by atoms with Gasteiger partial charge in [0.2, 0.25) is 0 Å². The third kappa shape index (κ3) is 0.703. The lowest BCUT2D eigenvalue weighted by atomic mass is 10.5. The third-order valence-corrected chi connectivity index (χ3v) is 1.39. The molecule has 39 valence electrons. The molecule has 8 heavy (non-hydrogen) atoms. The van der Waals surface area contributed by atoms with Crippen LogP contribution in [0.1, 0.15) is 4.88 Å².